The lowest BCUT2D eigenvalue weighted by Crippen LogP contribution is -2.31. The number of benzene rings is 1. The van der Waals surface area contributed by atoms with E-state index >= 15 is 0 Å². The second-order valence-corrected chi connectivity index (χ2v) is 5.00. The molecule has 0 amide bonds. The number of aryl methyl sites for hydroxylation is 1. The van der Waals surface area contributed by atoms with Gasteiger partial charge in [0.05, 0.1) is 18.4 Å². The van der Waals surface area contributed by atoms with E-state index in [9.17, 15) is 4.79 Å². The molecule has 2 rings (SSSR count). The molecule has 1 heterocycles. The van der Waals surface area contributed by atoms with Crippen LogP contribution in [-0.2, 0) is 6.54 Å². The van der Waals surface area contributed by atoms with Crippen LogP contribution in [0.25, 0.3) is 11.3 Å². The van der Waals surface area contributed by atoms with Crippen molar-refractivity contribution in [1.82, 2.24) is 9.78 Å². The zero-order valence-corrected chi connectivity index (χ0v) is 12.8. The summed E-state index contributed by atoms with van der Waals surface area (Å²) >= 11 is 4.96. The van der Waals surface area contributed by atoms with Gasteiger partial charge in [-0.05, 0) is 36.8 Å². The smallest absolute Gasteiger partial charge is 0.277 e. The Balaban J connectivity index is 2.56. The average molecular weight is 303 g/mol. The standard InChI is InChI=1S/C15H17N3O2S/c1-3-8-18-15(19)12(14(16)21)9-13(17-18)10-4-6-11(20-2)7-5-10/h4-7,9H,3,8H2,1-2H3,(H2,16,21). The molecule has 0 unspecified atom stereocenters. The Bertz CT molecular complexity index is 708. The predicted molar refractivity (Wildman–Crippen MR) is 86.7 cm³/mol. The van der Waals surface area contributed by atoms with Crippen LogP contribution in [-0.4, -0.2) is 21.9 Å². The lowest BCUT2D eigenvalue weighted by molar-refractivity contribution is 0.415. The monoisotopic (exact) mass is 303 g/mol. The lowest BCUT2D eigenvalue weighted by Gasteiger charge is -2.10. The van der Waals surface area contributed by atoms with E-state index in [-0.39, 0.29) is 10.5 Å². The van der Waals surface area contributed by atoms with Crippen molar-refractivity contribution in [2.24, 2.45) is 5.73 Å². The highest BCUT2D eigenvalue weighted by molar-refractivity contribution is 7.80. The minimum absolute atomic E-state index is 0.0852. The van der Waals surface area contributed by atoms with Crippen LogP contribution in [0.1, 0.15) is 18.9 Å². The molecule has 1 aromatic carbocycles. The van der Waals surface area contributed by atoms with Crippen LogP contribution in [0, 0.1) is 0 Å². The van der Waals surface area contributed by atoms with E-state index in [2.05, 4.69) is 5.10 Å². The molecule has 5 nitrogen and oxygen atoms in total. The molecule has 2 N–H and O–H groups in total. The minimum Gasteiger partial charge on any atom is -0.497 e. The van der Waals surface area contributed by atoms with E-state index in [0.29, 0.717) is 17.8 Å². The Morgan fingerprint density at radius 1 is 1.38 bits per heavy atom. The van der Waals surface area contributed by atoms with Crippen LogP contribution in [0.3, 0.4) is 0 Å². The first-order valence-electron chi connectivity index (χ1n) is 6.63. The number of rotatable bonds is 5. The number of nitrogens with zero attached hydrogens (tertiary/aromatic N) is 2. The molecule has 0 aliphatic carbocycles. The van der Waals surface area contributed by atoms with E-state index in [1.807, 2.05) is 31.2 Å². The lowest BCUT2D eigenvalue weighted by atomic mass is 10.1. The third kappa shape index (κ3) is 3.28. The normalized spacial score (nSPS) is 10.4. The Morgan fingerprint density at radius 3 is 2.57 bits per heavy atom. The molecule has 0 fully saturated rings. The van der Waals surface area contributed by atoms with E-state index in [0.717, 1.165) is 17.7 Å². The number of hydrogen-bond acceptors (Lipinski definition) is 4. The predicted octanol–water partition coefficient (Wildman–Crippen LogP) is 1.96. The molecule has 6 heteroatoms. The van der Waals surface area contributed by atoms with Gasteiger partial charge in [-0.1, -0.05) is 19.1 Å². The summed E-state index contributed by atoms with van der Waals surface area (Å²) in [6, 6.07) is 9.08. The Morgan fingerprint density at radius 2 is 2.05 bits per heavy atom. The summed E-state index contributed by atoms with van der Waals surface area (Å²) in [5.41, 5.74) is 7.25. The van der Waals surface area contributed by atoms with Crippen LogP contribution >= 0.6 is 12.2 Å². The van der Waals surface area contributed by atoms with Crippen molar-refractivity contribution < 1.29 is 4.74 Å². The summed E-state index contributed by atoms with van der Waals surface area (Å²) < 4.78 is 6.54. The molecule has 0 radical (unpaired) electrons. The van der Waals surface area contributed by atoms with Gasteiger partial charge in [-0.3, -0.25) is 4.79 Å². The maximum absolute atomic E-state index is 12.2. The summed E-state index contributed by atoms with van der Waals surface area (Å²) in [7, 11) is 1.61. The van der Waals surface area contributed by atoms with E-state index in [1.54, 1.807) is 13.2 Å². The maximum atomic E-state index is 12.2. The first-order chi connectivity index (χ1) is 10.1. The zero-order chi connectivity index (χ0) is 15.4. The van der Waals surface area contributed by atoms with Gasteiger partial charge in [-0.2, -0.15) is 5.10 Å². The largest absolute Gasteiger partial charge is 0.497 e. The third-order valence-corrected chi connectivity index (χ3v) is 3.28. The highest BCUT2D eigenvalue weighted by atomic mass is 32.1. The molecule has 0 saturated heterocycles. The molecule has 0 spiro atoms. The van der Waals surface area contributed by atoms with E-state index in [1.165, 1.54) is 4.68 Å². The number of hydrogen-bond donors (Lipinski definition) is 1. The van der Waals surface area contributed by atoms with Crippen LogP contribution in [0.2, 0.25) is 0 Å². The maximum Gasteiger partial charge on any atom is 0.277 e. The topological polar surface area (TPSA) is 70.1 Å². The van der Waals surface area contributed by atoms with Crippen molar-refractivity contribution in [3.05, 3.63) is 46.2 Å². The average Bonchev–Trinajstić information content (AvgIpc) is 2.49. The van der Waals surface area contributed by atoms with Crippen molar-refractivity contribution in [3.8, 4) is 17.0 Å². The van der Waals surface area contributed by atoms with Gasteiger partial charge in [-0.25, -0.2) is 4.68 Å². The summed E-state index contributed by atoms with van der Waals surface area (Å²) in [5, 5.41) is 4.38. The molecule has 2 aromatic rings. The number of thiocarbonyl (C=S) groups is 1. The van der Waals surface area contributed by atoms with E-state index in [4.69, 9.17) is 22.7 Å². The second kappa shape index (κ2) is 6.49. The molecule has 0 saturated carbocycles. The van der Waals surface area contributed by atoms with Gasteiger partial charge in [0, 0.05) is 12.1 Å². The third-order valence-electron chi connectivity index (χ3n) is 3.06. The van der Waals surface area contributed by atoms with Crippen LogP contribution < -0.4 is 16.0 Å². The van der Waals surface area contributed by atoms with Crippen LogP contribution in [0.15, 0.2) is 35.1 Å². The second-order valence-electron chi connectivity index (χ2n) is 4.56. The van der Waals surface area contributed by atoms with Gasteiger partial charge < -0.3 is 10.5 Å². The van der Waals surface area contributed by atoms with Crippen molar-refractivity contribution in [2.75, 3.05) is 7.11 Å². The molecule has 110 valence electrons. The molecule has 1 aromatic heterocycles. The summed E-state index contributed by atoms with van der Waals surface area (Å²) in [5.74, 6) is 0.759. The SMILES string of the molecule is CCCn1nc(-c2ccc(OC)cc2)cc(C(N)=S)c1=O. The first-order valence-corrected chi connectivity index (χ1v) is 7.04. The summed E-state index contributed by atoms with van der Waals surface area (Å²) in [6.45, 7) is 2.51. The van der Waals surface area contributed by atoms with Gasteiger partial charge in [0.1, 0.15) is 10.7 Å². The van der Waals surface area contributed by atoms with Crippen LogP contribution in [0.4, 0.5) is 0 Å². The highest BCUT2D eigenvalue weighted by Crippen LogP contribution is 2.20. The van der Waals surface area contributed by atoms with Gasteiger partial charge >= 0.3 is 0 Å². The van der Waals surface area contributed by atoms with E-state index < -0.39 is 0 Å². The Hall–Kier alpha value is -2.21. The van der Waals surface area contributed by atoms with Gasteiger partial charge in [0.2, 0.25) is 0 Å². The fraction of sp³-hybridized carbons (Fsp3) is 0.267. The zero-order valence-electron chi connectivity index (χ0n) is 12.0. The minimum atomic E-state index is -0.249. The quantitative estimate of drug-likeness (QED) is 0.855. The van der Waals surface area contributed by atoms with Crippen molar-refractivity contribution in [2.45, 2.75) is 19.9 Å². The highest BCUT2D eigenvalue weighted by Gasteiger charge is 2.11. The molecular weight excluding hydrogens is 286 g/mol. The molecule has 0 aliphatic rings. The summed E-state index contributed by atoms with van der Waals surface area (Å²) in [6.07, 6.45) is 0.801. The van der Waals surface area contributed by atoms with Crippen molar-refractivity contribution >= 4 is 17.2 Å². The Kier molecular flexibility index (Phi) is 4.70. The van der Waals surface area contributed by atoms with Gasteiger partial charge in [-0.15, -0.1) is 0 Å². The molecule has 0 atom stereocenters. The molecular formula is C15H17N3O2S. The van der Waals surface area contributed by atoms with Crippen LogP contribution in [0.5, 0.6) is 5.75 Å². The number of nitrogens with two attached hydrogens (primary N) is 1. The number of methoxy groups -OCH3 is 1. The van der Waals surface area contributed by atoms with Crippen molar-refractivity contribution in [3.63, 3.8) is 0 Å². The first kappa shape index (κ1) is 15.2. The van der Waals surface area contributed by atoms with Crippen molar-refractivity contribution in [1.29, 1.82) is 0 Å². The molecule has 21 heavy (non-hydrogen) atoms. The summed E-state index contributed by atoms with van der Waals surface area (Å²) in [4.78, 5) is 12.3. The number of aromatic nitrogens is 2. The fourth-order valence-corrected chi connectivity index (χ4v) is 2.13. The molecule has 0 bridgehead atoms. The fourth-order valence-electron chi connectivity index (χ4n) is 1.98. The van der Waals surface area contributed by atoms with Gasteiger partial charge in [0.15, 0.2) is 0 Å². The Labute approximate surface area is 128 Å². The number of ether oxygens (including phenoxy) is 1. The molecule has 0 aliphatic heterocycles. The van der Waals surface area contributed by atoms with Gasteiger partial charge in [0.25, 0.3) is 5.56 Å².